The van der Waals surface area contributed by atoms with Crippen molar-refractivity contribution in [2.45, 2.75) is 51.4 Å². The van der Waals surface area contributed by atoms with E-state index in [0.717, 1.165) is 11.8 Å². The normalized spacial score (nSPS) is 40.4. The number of hydrogen-bond donors (Lipinski definition) is 0. The monoisotopic (exact) mass is 204 g/mol. The van der Waals surface area contributed by atoms with Crippen molar-refractivity contribution >= 4 is 5.78 Å². The second kappa shape index (κ2) is 3.77. The first-order valence-corrected chi connectivity index (χ1v) is 6.60. The Morgan fingerprint density at radius 3 is 2.60 bits per heavy atom. The average molecular weight is 204 g/mol. The van der Waals surface area contributed by atoms with Gasteiger partial charge >= 0.3 is 0 Å². The van der Waals surface area contributed by atoms with Crippen LogP contribution in [0, 0.1) is 17.8 Å². The molecule has 2 fully saturated rings. The van der Waals surface area contributed by atoms with E-state index in [1.807, 2.05) is 6.08 Å². The van der Waals surface area contributed by atoms with Crippen molar-refractivity contribution in [1.82, 2.24) is 0 Å². The summed E-state index contributed by atoms with van der Waals surface area (Å²) in [5.74, 6) is 2.40. The molecule has 0 unspecified atom stereocenters. The fourth-order valence-corrected chi connectivity index (χ4v) is 4.02. The highest BCUT2D eigenvalue weighted by molar-refractivity contribution is 5.93. The van der Waals surface area contributed by atoms with E-state index in [1.165, 1.54) is 56.9 Å². The zero-order chi connectivity index (χ0) is 10.3. The van der Waals surface area contributed by atoms with Gasteiger partial charge in [0.25, 0.3) is 0 Å². The van der Waals surface area contributed by atoms with Crippen LogP contribution >= 0.6 is 0 Å². The van der Waals surface area contributed by atoms with Gasteiger partial charge in [-0.05, 0) is 50.0 Å². The number of hydrogen-bond acceptors (Lipinski definition) is 1. The summed E-state index contributed by atoms with van der Waals surface area (Å²) in [7, 11) is 0. The lowest BCUT2D eigenvalue weighted by Gasteiger charge is -2.42. The molecule has 1 heteroatoms. The van der Waals surface area contributed by atoms with E-state index in [4.69, 9.17) is 0 Å². The van der Waals surface area contributed by atoms with Gasteiger partial charge in [-0.1, -0.05) is 24.8 Å². The van der Waals surface area contributed by atoms with Crippen LogP contribution in [0.1, 0.15) is 51.4 Å². The van der Waals surface area contributed by atoms with Crippen LogP contribution in [0.2, 0.25) is 0 Å². The van der Waals surface area contributed by atoms with Crippen molar-refractivity contribution in [2.75, 3.05) is 0 Å². The summed E-state index contributed by atoms with van der Waals surface area (Å²) in [4.78, 5) is 12.0. The molecule has 0 bridgehead atoms. The third-order valence-corrected chi connectivity index (χ3v) is 4.74. The van der Waals surface area contributed by atoms with E-state index in [-0.39, 0.29) is 0 Å². The molecule has 0 aromatic rings. The van der Waals surface area contributed by atoms with Gasteiger partial charge in [-0.15, -0.1) is 0 Å². The van der Waals surface area contributed by atoms with Crippen molar-refractivity contribution in [3.63, 3.8) is 0 Å². The van der Waals surface area contributed by atoms with Crippen LogP contribution in [0.25, 0.3) is 0 Å². The first-order valence-electron chi connectivity index (χ1n) is 6.60. The van der Waals surface area contributed by atoms with E-state index in [1.54, 1.807) is 0 Å². The molecule has 0 aliphatic heterocycles. The number of ketones is 1. The third kappa shape index (κ3) is 1.56. The summed E-state index contributed by atoms with van der Waals surface area (Å²) in [5.41, 5.74) is 1.51. The van der Waals surface area contributed by atoms with Gasteiger partial charge in [0.05, 0.1) is 0 Å². The molecule has 0 spiro atoms. The number of fused-ring (bicyclic) bond motifs is 3. The number of carbonyl (C=O) groups is 1. The predicted molar refractivity (Wildman–Crippen MR) is 60.5 cm³/mol. The second-order valence-corrected chi connectivity index (χ2v) is 5.53. The van der Waals surface area contributed by atoms with Crippen LogP contribution in [0.5, 0.6) is 0 Å². The molecule has 0 radical (unpaired) electrons. The maximum Gasteiger partial charge on any atom is 0.159 e. The largest absolute Gasteiger partial charge is 0.295 e. The highest BCUT2D eigenvalue weighted by atomic mass is 16.1. The van der Waals surface area contributed by atoms with Gasteiger partial charge in [0.2, 0.25) is 0 Å². The lowest BCUT2D eigenvalue weighted by molar-refractivity contribution is -0.122. The SMILES string of the molecule is O=C1C=C2CCCC[C@H]2[C@@H]2CCCC[C@@H]12. The molecule has 0 amide bonds. The van der Waals surface area contributed by atoms with E-state index in [2.05, 4.69) is 0 Å². The summed E-state index contributed by atoms with van der Waals surface area (Å²) in [5, 5.41) is 0. The molecule has 15 heavy (non-hydrogen) atoms. The minimum Gasteiger partial charge on any atom is -0.295 e. The number of rotatable bonds is 0. The topological polar surface area (TPSA) is 17.1 Å². The summed E-state index contributed by atoms with van der Waals surface area (Å²) in [6.07, 6.45) is 12.4. The molecule has 3 aliphatic carbocycles. The fraction of sp³-hybridized carbons (Fsp3) is 0.786. The van der Waals surface area contributed by atoms with Crippen molar-refractivity contribution in [3.05, 3.63) is 11.6 Å². The third-order valence-electron chi connectivity index (χ3n) is 4.74. The molecule has 0 aromatic heterocycles. The second-order valence-electron chi connectivity index (χ2n) is 5.53. The Hall–Kier alpha value is -0.590. The van der Waals surface area contributed by atoms with Crippen LogP contribution in [0.4, 0.5) is 0 Å². The van der Waals surface area contributed by atoms with Crippen LogP contribution < -0.4 is 0 Å². The molecule has 82 valence electrons. The molecule has 1 nitrogen and oxygen atoms in total. The molecule has 0 heterocycles. The van der Waals surface area contributed by atoms with Gasteiger partial charge in [0, 0.05) is 5.92 Å². The minimum atomic E-state index is 0.408. The lowest BCUT2D eigenvalue weighted by atomic mass is 9.62. The van der Waals surface area contributed by atoms with Gasteiger partial charge < -0.3 is 0 Å². The first kappa shape index (κ1) is 9.62. The van der Waals surface area contributed by atoms with E-state index in [9.17, 15) is 4.79 Å². The van der Waals surface area contributed by atoms with Gasteiger partial charge in [-0.2, -0.15) is 0 Å². The van der Waals surface area contributed by atoms with Crippen LogP contribution in [0.3, 0.4) is 0 Å². The molecule has 3 aliphatic rings. The highest BCUT2D eigenvalue weighted by Gasteiger charge is 2.40. The van der Waals surface area contributed by atoms with Crippen LogP contribution in [-0.4, -0.2) is 5.78 Å². The molecule has 3 rings (SSSR count). The lowest BCUT2D eigenvalue weighted by Crippen LogP contribution is -2.37. The van der Waals surface area contributed by atoms with E-state index >= 15 is 0 Å². The quantitative estimate of drug-likeness (QED) is 0.590. The Morgan fingerprint density at radius 2 is 1.67 bits per heavy atom. The Bertz CT molecular complexity index is 302. The molecule has 0 saturated heterocycles. The fourth-order valence-electron chi connectivity index (χ4n) is 4.02. The molecular weight excluding hydrogens is 184 g/mol. The number of allylic oxidation sites excluding steroid dienone is 2. The predicted octanol–water partition coefficient (Wildman–Crippen LogP) is 3.49. The summed E-state index contributed by atoms with van der Waals surface area (Å²) in [6.45, 7) is 0. The zero-order valence-corrected chi connectivity index (χ0v) is 9.37. The summed E-state index contributed by atoms with van der Waals surface area (Å²) in [6, 6.07) is 0. The Kier molecular flexibility index (Phi) is 2.42. The van der Waals surface area contributed by atoms with Gasteiger partial charge in [0.15, 0.2) is 5.78 Å². The van der Waals surface area contributed by atoms with Crippen LogP contribution in [0.15, 0.2) is 11.6 Å². The Labute approximate surface area is 91.9 Å². The molecule has 2 saturated carbocycles. The average Bonchev–Trinajstić information content (AvgIpc) is 2.30. The van der Waals surface area contributed by atoms with Gasteiger partial charge in [-0.3, -0.25) is 4.79 Å². The van der Waals surface area contributed by atoms with Crippen molar-refractivity contribution in [3.8, 4) is 0 Å². The van der Waals surface area contributed by atoms with Crippen molar-refractivity contribution in [1.29, 1.82) is 0 Å². The van der Waals surface area contributed by atoms with Gasteiger partial charge in [0.1, 0.15) is 0 Å². The van der Waals surface area contributed by atoms with Crippen LogP contribution in [-0.2, 0) is 4.79 Å². The minimum absolute atomic E-state index is 0.408. The molecule has 0 N–H and O–H groups in total. The maximum atomic E-state index is 12.0. The highest BCUT2D eigenvalue weighted by Crippen LogP contribution is 2.47. The van der Waals surface area contributed by atoms with Crippen molar-refractivity contribution in [2.24, 2.45) is 17.8 Å². The van der Waals surface area contributed by atoms with Gasteiger partial charge in [-0.25, -0.2) is 0 Å². The maximum absolute atomic E-state index is 12.0. The zero-order valence-electron chi connectivity index (χ0n) is 9.37. The molecular formula is C14H20O. The smallest absolute Gasteiger partial charge is 0.159 e. The Morgan fingerprint density at radius 1 is 0.933 bits per heavy atom. The molecule has 3 atom stereocenters. The summed E-state index contributed by atoms with van der Waals surface area (Å²) < 4.78 is 0. The first-order chi connectivity index (χ1) is 7.36. The standard InChI is InChI=1S/C14H20O/c15-14-9-10-5-1-2-6-11(10)12-7-3-4-8-13(12)14/h9,11-13H,1-8H2/t11-,12+,13-/m1/s1. The van der Waals surface area contributed by atoms with Crippen molar-refractivity contribution < 1.29 is 4.79 Å². The number of carbonyl (C=O) groups excluding carboxylic acids is 1. The Balaban J connectivity index is 1.91. The van der Waals surface area contributed by atoms with E-state index < -0.39 is 0 Å². The molecule has 0 aromatic carbocycles. The summed E-state index contributed by atoms with van der Waals surface area (Å²) >= 11 is 0. The van der Waals surface area contributed by atoms with E-state index in [0.29, 0.717) is 11.7 Å².